The second-order valence-corrected chi connectivity index (χ2v) is 5.17. The molecule has 0 saturated heterocycles. The number of nitrogen functional groups attached to an aromatic ring is 1. The van der Waals surface area contributed by atoms with Gasteiger partial charge < -0.3 is 5.73 Å². The molecule has 94 valence electrons. The Kier molecular flexibility index (Phi) is 3.66. The minimum atomic E-state index is 0.584. The summed E-state index contributed by atoms with van der Waals surface area (Å²) in [5.74, 6) is 1.28. The van der Waals surface area contributed by atoms with Crippen molar-refractivity contribution in [3.8, 4) is 11.4 Å². The molecule has 0 aliphatic rings. The lowest BCUT2D eigenvalue weighted by Gasteiger charge is -2.09. The molecule has 2 aromatic rings. The van der Waals surface area contributed by atoms with E-state index < -0.39 is 0 Å². The molecule has 0 aliphatic heterocycles. The van der Waals surface area contributed by atoms with E-state index in [4.69, 9.17) is 5.73 Å². The first-order valence-electron chi connectivity index (χ1n) is 5.92. The van der Waals surface area contributed by atoms with Crippen LogP contribution in [0, 0.1) is 13.8 Å². The van der Waals surface area contributed by atoms with Crippen LogP contribution in [-0.4, -0.2) is 9.97 Å². The highest BCUT2D eigenvalue weighted by Crippen LogP contribution is 2.25. The van der Waals surface area contributed by atoms with Crippen LogP contribution < -0.4 is 5.73 Å². The van der Waals surface area contributed by atoms with Gasteiger partial charge in [-0.3, -0.25) is 0 Å². The summed E-state index contributed by atoms with van der Waals surface area (Å²) in [4.78, 5) is 8.94. The molecule has 2 N–H and O–H groups in total. The Morgan fingerprint density at radius 1 is 1.22 bits per heavy atom. The molecule has 0 bridgehead atoms. The van der Waals surface area contributed by atoms with Crippen LogP contribution in [0.25, 0.3) is 11.4 Å². The summed E-state index contributed by atoms with van der Waals surface area (Å²) in [5, 5.41) is 0. The Morgan fingerprint density at radius 2 is 1.94 bits per heavy atom. The van der Waals surface area contributed by atoms with Gasteiger partial charge in [0.1, 0.15) is 5.82 Å². The van der Waals surface area contributed by atoms with Gasteiger partial charge in [-0.2, -0.15) is 0 Å². The molecule has 0 unspecified atom stereocenters. The van der Waals surface area contributed by atoms with E-state index in [1.807, 2.05) is 26.0 Å². The van der Waals surface area contributed by atoms with E-state index in [1.165, 1.54) is 0 Å². The molecule has 0 amide bonds. The van der Waals surface area contributed by atoms with E-state index in [-0.39, 0.29) is 0 Å². The summed E-state index contributed by atoms with van der Waals surface area (Å²) < 4.78 is 1.08. The lowest BCUT2D eigenvalue weighted by atomic mass is 10.1. The Labute approximate surface area is 116 Å². The molecule has 0 fully saturated rings. The monoisotopic (exact) mass is 305 g/mol. The van der Waals surface area contributed by atoms with E-state index in [9.17, 15) is 0 Å². The number of rotatable bonds is 2. The Bertz CT molecular complexity index is 571. The molecule has 0 atom stereocenters. The smallest absolute Gasteiger partial charge is 0.161 e. The number of aromatic nitrogens is 2. The Morgan fingerprint density at radius 3 is 2.50 bits per heavy atom. The van der Waals surface area contributed by atoms with Crippen LogP contribution in [0.3, 0.4) is 0 Å². The number of aryl methyl sites for hydroxylation is 2. The molecule has 0 spiro atoms. The van der Waals surface area contributed by atoms with Crippen molar-refractivity contribution < 1.29 is 0 Å². The van der Waals surface area contributed by atoms with E-state index >= 15 is 0 Å². The van der Waals surface area contributed by atoms with Gasteiger partial charge in [0.15, 0.2) is 5.82 Å². The van der Waals surface area contributed by atoms with E-state index in [2.05, 4.69) is 38.9 Å². The van der Waals surface area contributed by atoms with E-state index in [0.29, 0.717) is 11.6 Å². The summed E-state index contributed by atoms with van der Waals surface area (Å²) in [5.41, 5.74) is 10.1. The number of hydrogen-bond donors (Lipinski definition) is 1. The molecule has 0 saturated carbocycles. The predicted octanol–water partition coefficient (Wildman–Crippen LogP) is 3.67. The third-order valence-electron chi connectivity index (χ3n) is 3.02. The van der Waals surface area contributed by atoms with Crippen molar-refractivity contribution >= 4 is 21.7 Å². The van der Waals surface area contributed by atoms with Gasteiger partial charge in [0.2, 0.25) is 0 Å². The van der Waals surface area contributed by atoms with Crippen molar-refractivity contribution in [2.45, 2.75) is 27.2 Å². The summed E-state index contributed by atoms with van der Waals surface area (Å²) in [6.45, 7) is 6.09. The number of anilines is 1. The lowest BCUT2D eigenvalue weighted by Crippen LogP contribution is -2.04. The first kappa shape index (κ1) is 13.0. The normalized spacial score (nSPS) is 10.7. The van der Waals surface area contributed by atoms with Gasteiger partial charge in [-0.05, 0) is 38.0 Å². The minimum absolute atomic E-state index is 0.584. The average Bonchev–Trinajstić information content (AvgIpc) is 2.32. The van der Waals surface area contributed by atoms with E-state index in [1.54, 1.807) is 0 Å². The largest absolute Gasteiger partial charge is 0.383 e. The highest BCUT2D eigenvalue weighted by atomic mass is 79.9. The minimum Gasteiger partial charge on any atom is -0.383 e. The van der Waals surface area contributed by atoms with Crippen molar-refractivity contribution in [2.24, 2.45) is 0 Å². The Balaban J connectivity index is 2.54. The molecular weight excluding hydrogens is 290 g/mol. The van der Waals surface area contributed by atoms with Crippen LogP contribution in [0.15, 0.2) is 22.7 Å². The van der Waals surface area contributed by atoms with Crippen LogP contribution in [0.5, 0.6) is 0 Å². The molecule has 4 heteroatoms. The quantitative estimate of drug-likeness (QED) is 0.921. The summed E-state index contributed by atoms with van der Waals surface area (Å²) >= 11 is 3.49. The van der Waals surface area contributed by atoms with Crippen molar-refractivity contribution in [2.75, 3.05) is 5.73 Å². The molecule has 1 aromatic heterocycles. The summed E-state index contributed by atoms with van der Waals surface area (Å²) in [6.07, 6.45) is 0.858. The van der Waals surface area contributed by atoms with Gasteiger partial charge in [-0.25, -0.2) is 9.97 Å². The third-order valence-corrected chi connectivity index (χ3v) is 3.91. The number of benzene rings is 1. The first-order chi connectivity index (χ1) is 8.52. The molecule has 1 aromatic carbocycles. The zero-order valence-corrected chi connectivity index (χ0v) is 12.4. The molecule has 1 heterocycles. The maximum Gasteiger partial charge on any atom is 0.161 e. The number of hydrogen-bond acceptors (Lipinski definition) is 3. The van der Waals surface area contributed by atoms with Gasteiger partial charge in [0.05, 0.1) is 0 Å². The number of nitrogens with zero attached hydrogens (tertiary/aromatic N) is 2. The second kappa shape index (κ2) is 5.06. The maximum absolute atomic E-state index is 5.98. The molecule has 0 aliphatic carbocycles. The fourth-order valence-corrected chi connectivity index (χ4v) is 2.21. The van der Waals surface area contributed by atoms with Crippen molar-refractivity contribution in [1.29, 1.82) is 0 Å². The highest BCUT2D eigenvalue weighted by molar-refractivity contribution is 9.10. The van der Waals surface area contributed by atoms with Crippen molar-refractivity contribution in [1.82, 2.24) is 9.97 Å². The first-order valence-corrected chi connectivity index (χ1v) is 6.71. The van der Waals surface area contributed by atoms with Crippen molar-refractivity contribution in [3.05, 3.63) is 39.5 Å². The van der Waals surface area contributed by atoms with E-state index in [0.717, 1.165) is 33.3 Å². The van der Waals surface area contributed by atoms with Crippen LogP contribution in [0.2, 0.25) is 0 Å². The molecule has 0 radical (unpaired) electrons. The highest BCUT2D eigenvalue weighted by Gasteiger charge is 2.09. The second-order valence-electron chi connectivity index (χ2n) is 4.31. The number of nitrogens with two attached hydrogens (primary N) is 1. The SMILES string of the molecule is CCc1c(C)nc(-c2ccc(Br)c(C)c2)nc1N. The Hall–Kier alpha value is -1.42. The molecule has 18 heavy (non-hydrogen) atoms. The molecule has 3 nitrogen and oxygen atoms in total. The lowest BCUT2D eigenvalue weighted by molar-refractivity contribution is 1.01. The predicted molar refractivity (Wildman–Crippen MR) is 78.4 cm³/mol. The summed E-state index contributed by atoms with van der Waals surface area (Å²) in [6, 6.07) is 6.06. The van der Waals surface area contributed by atoms with Gasteiger partial charge in [-0.1, -0.05) is 28.9 Å². The van der Waals surface area contributed by atoms with Crippen LogP contribution in [-0.2, 0) is 6.42 Å². The van der Waals surface area contributed by atoms with Crippen molar-refractivity contribution in [3.63, 3.8) is 0 Å². The van der Waals surface area contributed by atoms with Gasteiger partial charge in [-0.15, -0.1) is 0 Å². The summed E-state index contributed by atoms with van der Waals surface area (Å²) in [7, 11) is 0. The fraction of sp³-hybridized carbons (Fsp3) is 0.286. The topological polar surface area (TPSA) is 51.8 Å². The van der Waals surface area contributed by atoms with Gasteiger partial charge in [0.25, 0.3) is 0 Å². The zero-order chi connectivity index (χ0) is 13.3. The van der Waals surface area contributed by atoms with Gasteiger partial charge >= 0.3 is 0 Å². The zero-order valence-electron chi connectivity index (χ0n) is 10.8. The van der Waals surface area contributed by atoms with Crippen LogP contribution >= 0.6 is 15.9 Å². The standard InChI is InChI=1S/C14H16BrN3/c1-4-11-9(3)17-14(18-13(11)16)10-5-6-12(15)8(2)7-10/h5-7H,4H2,1-3H3,(H2,16,17,18). The van der Waals surface area contributed by atoms with Crippen LogP contribution in [0.1, 0.15) is 23.7 Å². The van der Waals surface area contributed by atoms with Gasteiger partial charge in [0, 0.05) is 21.3 Å². The molecule has 2 rings (SSSR count). The average molecular weight is 306 g/mol. The third kappa shape index (κ3) is 2.38. The fourth-order valence-electron chi connectivity index (χ4n) is 1.97. The maximum atomic E-state index is 5.98. The van der Waals surface area contributed by atoms with Crippen LogP contribution in [0.4, 0.5) is 5.82 Å². The number of halogens is 1. The molecular formula is C14H16BrN3.